The summed E-state index contributed by atoms with van der Waals surface area (Å²) >= 11 is 0. The predicted molar refractivity (Wildman–Crippen MR) is 61.0 cm³/mol. The van der Waals surface area contributed by atoms with E-state index in [-0.39, 0.29) is 0 Å². The van der Waals surface area contributed by atoms with E-state index in [0.29, 0.717) is 6.04 Å². The van der Waals surface area contributed by atoms with Crippen LogP contribution in [0.4, 0.5) is 0 Å². The van der Waals surface area contributed by atoms with Crippen molar-refractivity contribution in [3.63, 3.8) is 0 Å². The average Bonchev–Trinajstić information content (AvgIpc) is 2.12. The zero-order valence-corrected chi connectivity index (χ0v) is 9.47. The van der Waals surface area contributed by atoms with E-state index in [0.717, 1.165) is 18.9 Å². The SMILES string of the molecule is C=CCCC(NCC)C(C)CCC. The molecule has 0 spiro atoms. The standard InChI is InChI=1S/C12H25N/c1-5-8-10-12(13-7-3)11(4)9-6-2/h5,11-13H,1,6-10H2,2-4H3. The van der Waals surface area contributed by atoms with Crippen molar-refractivity contribution in [2.45, 2.75) is 52.5 Å². The van der Waals surface area contributed by atoms with E-state index in [1.165, 1.54) is 19.3 Å². The van der Waals surface area contributed by atoms with Crippen LogP contribution in [0.25, 0.3) is 0 Å². The quantitative estimate of drug-likeness (QED) is 0.569. The third-order valence-electron chi connectivity index (χ3n) is 2.58. The number of rotatable bonds is 8. The zero-order valence-electron chi connectivity index (χ0n) is 9.47. The molecule has 0 bridgehead atoms. The van der Waals surface area contributed by atoms with Gasteiger partial charge in [-0.1, -0.05) is 33.3 Å². The Kier molecular flexibility index (Phi) is 8.11. The molecule has 13 heavy (non-hydrogen) atoms. The third kappa shape index (κ3) is 5.87. The molecule has 0 saturated carbocycles. The maximum absolute atomic E-state index is 3.77. The Labute approximate surface area is 83.6 Å². The van der Waals surface area contributed by atoms with Crippen molar-refractivity contribution in [1.82, 2.24) is 5.32 Å². The highest BCUT2D eigenvalue weighted by Gasteiger charge is 2.13. The molecule has 1 heteroatoms. The molecule has 0 aromatic heterocycles. The maximum Gasteiger partial charge on any atom is 0.00955 e. The van der Waals surface area contributed by atoms with Gasteiger partial charge in [0.15, 0.2) is 0 Å². The summed E-state index contributed by atoms with van der Waals surface area (Å²) in [7, 11) is 0. The topological polar surface area (TPSA) is 12.0 Å². The number of hydrogen-bond donors (Lipinski definition) is 1. The van der Waals surface area contributed by atoms with Gasteiger partial charge in [-0.25, -0.2) is 0 Å². The van der Waals surface area contributed by atoms with E-state index in [2.05, 4.69) is 32.7 Å². The Balaban J connectivity index is 3.82. The number of allylic oxidation sites excluding steroid dienone is 1. The molecule has 0 heterocycles. The summed E-state index contributed by atoms with van der Waals surface area (Å²) in [5, 5.41) is 3.55. The maximum atomic E-state index is 3.77. The second-order valence-corrected chi connectivity index (χ2v) is 3.80. The Morgan fingerprint density at radius 2 is 2.00 bits per heavy atom. The van der Waals surface area contributed by atoms with Crippen LogP contribution < -0.4 is 5.32 Å². The molecular formula is C12H25N. The van der Waals surface area contributed by atoms with Crippen molar-refractivity contribution >= 4 is 0 Å². The van der Waals surface area contributed by atoms with E-state index in [1.54, 1.807) is 0 Å². The summed E-state index contributed by atoms with van der Waals surface area (Å²) in [6.45, 7) is 11.6. The van der Waals surface area contributed by atoms with Gasteiger partial charge in [-0.2, -0.15) is 0 Å². The van der Waals surface area contributed by atoms with Crippen molar-refractivity contribution in [3.05, 3.63) is 12.7 Å². The molecular weight excluding hydrogens is 158 g/mol. The van der Waals surface area contributed by atoms with Crippen molar-refractivity contribution < 1.29 is 0 Å². The lowest BCUT2D eigenvalue weighted by Gasteiger charge is -2.24. The summed E-state index contributed by atoms with van der Waals surface area (Å²) in [5.41, 5.74) is 0. The van der Waals surface area contributed by atoms with Crippen LogP contribution in [0.15, 0.2) is 12.7 Å². The summed E-state index contributed by atoms with van der Waals surface area (Å²) in [6, 6.07) is 0.683. The lowest BCUT2D eigenvalue weighted by molar-refractivity contribution is 0.344. The molecule has 1 N–H and O–H groups in total. The van der Waals surface area contributed by atoms with Gasteiger partial charge in [0.25, 0.3) is 0 Å². The summed E-state index contributed by atoms with van der Waals surface area (Å²) in [6.07, 6.45) is 7.00. The molecule has 0 aliphatic rings. The molecule has 2 unspecified atom stereocenters. The Morgan fingerprint density at radius 3 is 2.46 bits per heavy atom. The number of nitrogens with one attached hydrogen (secondary N) is 1. The minimum Gasteiger partial charge on any atom is -0.314 e. The van der Waals surface area contributed by atoms with Crippen LogP contribution in [0.2, 0.25) is 0 Å². The smallest absolute Gasteiger partial charge is 0.00955 e. The van der Waals surface area contributed by atoms with Crippen molar-refractivity contribution in [1.29, 1.82) is 0 Å². The average molecular weight is 183 g/mol. The van der Waals surface area contributed by atoms with E-state index in [4.69, 9.17) is 0 Å². The first-order chi connectivity index (χ1) is 6.26. The van der Waals surface area contributed by atoms with Gasteiger partial charge in [-0.15, -0.1) is 6.58 Å². The molecule has 0 saturated heterocycles. The fourth-order valence-electron chi connectivity index (χ4n) is 1.80. The van der Waals surface area contributed by atoms with Crippen LogP contribution >= 0.6 is 0 Å². The van der Waals surface area contributed by atoms with Crippen LogP contribution in [0.1, 0.15) is 46.5 Å². The van der Waals surface area contributed by atoms with Gasteiger partial charge in [-0.05, 0) is 31.7 Å². The van der Waals surface area contributed by atoms with Crippen LogP contribution in [-0.4, -0.2) is 12.6 Å². The Morgan fingerprint density at radius 1 is 1.31 bits per heavy atom. The van der Waals surface area contributed by atoms with E-state index < -0.39 is 0 Å². The highest BCUT2D eigenvalue weighted by Crippen LogP contribution is 2.15. The molecule has 2 atom stereocenters. The van der Waals surface area contributed by atoms with Gasteiger partial charge in [0.05, 0.1) is 0 Å². The Hall–Kier alpha value is -0.300. The van der Waals surface area contributed by atoms with Crippen LogP contribution in [0.3, 0.4) is 0 Å². The van der Waals surface area contributed by atoms with Gasteiger partial charge in [0.1, 0.15) is 0 Å². The first kappa shape index (κ1) is 12.7. The molecule has 1 nitrogen and oxygen atoms in total. The molecule has 0 aliphatic heterocycles. The van der Waals surface area contributed by atoms with Gasteiger partial charge in [-0.3, -0.25) is 0 Å². The highest BCUT2D eigenvalue weighted by atomic mass is 14.9. The fourth-order valence-corrected chi connectivity index (χ4v) is 1.80. The first-order valence-corrected chi connectivity index (χ1v) is 5.60. The minimum atomic E-state index is 0.683. The van der Waals surface area contributed by atoms with Crippen molar-refractivity contribution in [3.8, 4) is 0 Å². The molecule has 0 fully saturated rings. The van der Waals surface area contributed by atoms with Crippen LogP contribution in [0, 0.1) is 5.92 Å². The highest BCUT2D eigenvalue weighted by molar-refractivity contribution is 4.77. The zero-order chi connectivity index (χ0) is 10.1. The Bertz CT molecular complexity index is 120. The van der Waals surface area contributed by atoms with Crippen molar-refractivity contribution in [2.24, 2.45) is 5.92 Å². The third-order valence-corrected chi connectivity index (χ3v) is 2.58. The minimum absolute atomic E-state index is 0.683. The summed E-state index contributed by atoms with van der Waals surface area (Å²) in [5.74, 6) is 0.796. The molecule has 0 aliphatic carbocycles. The number of hydrogen-bond acceptors (Lipinski definition) is 1. The van der Waals surface area contributed by atoms with E-state index in [1.807, 2.05) is 6.08 Å². The van der Waals surface area contributed by atoms with Crippen molar-refractivity contribution in [2.75, 3.05) is 6.54 Å². The molecule has 0 aromatic rings. The second-order valence-electron chi connectivity index (χ2n) is 3.80. The monoisotopic (exact) mass is 183 g/mol. The first-order valence-electron chi connectivity index (χ1n) is 5.60. The van der Waals surface area contributed by atoms with Gasteiger partial charge in [0, 0.05) is 6.04 Å². The fraction of sp³-hybridized carbons (Fsp3) is 0.833. The second kappa shape index (κ2) is 8.31. The van der Waals surface area contributed by atoms with Gasteiger partial charge >= 0.3 is 0 Å². The predicted octanol–water partition coefficient (Wildman–Crippen LogP) is 3.37. The lowest BCUT2D eigenvalue weighted by atomic mass is 9.93. The lowest BCUT2D eigenvalue weighted by Crippen LogP contribution is -2.34. The molecule has 0 aromatic carbocycles. The van der Waals surface area contributed by atoms with Crippen LogP contribution in [-0.2, 0) is 0 Å². The largest absolute Gasteiger partial charge is 0.314 e. The molecule has 0 amide bonds. The summed E-state index contributed by atoms with van der Waals surface area (Å²) < 4.78 is 0. The summed E-state index contributed by atoms with van der Waals surface area (Å²) in [4.78, 5) is 0. The van der Waals surface area contributed by atoms with Gasteiger partial charge in [0.2, 0.25) is 0 Å². The molecule has 78 valence electrons. The normalized spacial score (nSPS) is 15.3. The van der Waals surface area contributed by atoms with Crippen LogP contribution in [0.5, 0.6) is 0 Å². The van der Waals surface area contributed by atoms with E-state index >= 15 is 0 Å². The van der Waals surface area contributed by atoms with Gasteiger partial charge < -0.3 is 5.32 Å². The molecule has 0 radical (unpaired) electrons. The molecule has 0 rings (SSSR count). The van der Waals surface area contributed by atoms with E-state index in [9.17, 15) is 0 Å².